The molecule has 1 aromatic heterocycles. The highest BCUT2D eigenvalue weighted by molar-refractivity contribution is 5.83. The van der Waals surface area contributed by atoms with Gasteiger partial charge in [-0.1, -0.05) is 48.5 Å². The minimum Gasteiger partial charge on any atom is -0.361 e. The predicted molar refractivity (Wildman–Crippen MR) is 111 cm³/mol. The topological polar surface area (TPSA) is 53.8 Å². The van der Waals surface area contributed by atoms with Crippen LogP contribution in [0.1, 0.15) is 11.1 Å². The van der Waals surface area contributed by atoms with Crippen molar-refractivity contribution in [2.24, 2.45) is 0 Å². The van der Waals surface area contributed by atoms with Gasteiger partial charge in [0, 0.05) is 29.2 Å². The molecule has 0 saturated carbocycles. The number of hydrogen-bond acceptors (Lipinski definition) is 1. The van der Waals surface area contributed by atoms with Crippen molar-refractivity contribution < 1.29 is 14.6 Å². The van der Waals surface area contributed by atoms with Crippen molar-refractivity contribution in [3.8, 4) is 0 Å². The first-order chi connectivity index (χ1) is 13.8. The fourth-order valence-corrected chi connectivity index (χ4v) is 4.16. The molecule has 1 amide bonds. The summed E-state index contributed by atoms with van der Waals surface area (Å²) < 4.78 is 0. The highest BCUT2D eigenvalue weighted by Gasteiger charge is 2.24. The molecule has 0 atom stereocenters. The molecule has 3 aromatic rings. The predicted octanol–water partition coefficient (Wildman–Crippen LogP) is -0.190. The Morgan fingerprint density at radius 3 is 2.46 bits per heavy atom. The van der Waals surface area contributed by atoms with E-state index in [-0.39, 0.29) is 5.91 Å². The van der Waals surface area contributed by atoms with Gasteiger partial charge in [-0.05, 0) is 18.1 Å². The normalized spacial score (nSPS) is 19.6. The molecule has 5 nitrogen and oxygen atoms in total. The van der Waals surface area contributed by atoms with Crippen molar-refractivity contribution >= 4 is 16.8 Å². The van der Waals surface area contributed by atoms with Crippen LogP contribution in [0.5, 0.6) is 0 Å². The number of nitrogens with one attached hydrogen (secondary N) is 4. The van der Waals surface area contributed by atoms with Crippen LogP contribution in [0.15, 0.2) is 60.8 Å². The quantitative estimate of drug-likeness (QED) is 0.453. The number of carbonyl (C=O) groups is 1. The zero-order valence-corrected chi connectivity index (χ0v) is 16.3. The molecule has 4 rings (SSSR count). The van der Waals surface area contributed by atoms with Gasteiger partial charge in [0.25, 0.3) is 5.91 Å². The number of quaternary nitrogens is 2. The van der Waals surface area contributed by atoms with Crippen molar-refractivity contribution in [3.05, 3.63) is 71.9 Å². The third-order valence-electron chi connectivity index (χ3n) is 5.76. The van der Waals surface area contributed by atoms with Crippen molar-refractivity contribution in [2.45, 2.75) is 13.0 Å². The number of amides is 1. The van der Waals surface area contributed by atoms with Crippen LogP contribution in [-0.2, 0) is 17.8 Å². The van der Waals surface area contributed by atoms with Crippen LogP contribution in [0.25, 0.3) is 10.9 Å². The molecule has 0 spiro atoms. The molecule has 1 saturated heterocycles. The molecule has 2 aromatic carbocycles. The Morgan fingerprint density at radius 2 is 1.64 bits per heavy atom. The Bertz CT molecular complexity index is 897. The number of fused-ring (bicyclic) bond motifs is 1. The Balaban J connectivity index is 1.17. The molecule has 1 aliphatic rings. The molecule has 1 aliphatic heterocycles. The first-order valence-corrected chi connectivity index (χ1v) is 10.3. The van der Waals surface area contributed by atoms with Crippen molar-refractivity contribution in [3.63, 3.8) is 0 Å². The maximum absolute atomic E-state index is 12.3. The van der Waals surface area contributed by atoms with Gasteiger partial charge in [-0.25, -0.2) is 0 Å². The molecule has 0 bridgehead atoms. The Morgan fingerprint density at radius 1 is 0.929 bits per heavy atom. The Hall–Kier alpha value is -2.63. The van der Waals surface area contributed by atoms with E-state index >= 15 is 0 Å². The van der Waals surface area contributed by atoms with Gasteiger partial charge in [-0.2, -0.15) is 0 Å². The van der Waals surface area contributed by atoms with Gasteiger partial charge in [0.2, 0.25) is 0 Å². The zero-order chi connectivity index (χ0) is 19.2. The summed E-state index contributed by atoms with van der Waals surface area (Å²) in [6.07, 6.45) is 2.91. The van der Waals surface area contributed by atoms with E-state index < -0.39 is 0 Å². The van der Waals surface area contributed by atoms with Gasteiger partial charge < -0.3 is 20.1 Å². The fourth-order valence-electron chi connectivity index (χ4n) is 4.16. The smallest absolute Gasteiger partial charge is 0.275 e. The van der Waals surface area contributed by atoms with Crippen LogP contribution in [0.4, 0.5) is 0 Å². The van der Waals surface area contributed by atoms with Gasteiger partial charge >= 0.3 is 0 Å². The average molecular weight is 379 g/mol. The summed E-state index contributed by atoms with van der Waals surface area (Å²) >= 11 is 0. The molecular weight excluding hydrogens is 348 g/mol. The van der Waals surface area contributed by atoms with E-state index in [4.69, 9.17) is 0 Å². The maximum atomic E-state index is 12.3. The molecule has 4 N–H and O–H groups in total. The van der Waals surface area contributed by atoms with Crippen LogP contribution >= 0.6 is 0 Å². The SMILES string of the molecule is O=C(C[NH+]1CC[NH+](Cc2ccccc2)CC1)NCCc1c[nH]c2ccccc12. The molecule has 28 heavy (non-hydrogen) atoms. The average Bonchev–Trinajstić information content (AvgIpc) is 3.14. The van der Waals surface area contributed by atoms with Gasteiger partial charge in [0.05, 0.1) is 0 Å². The van der Waals surface area contributed by atoms with Crippen LogP contribution < -0.4 is 15.1 Å². The van der Waals surface area contributed by atoms with E-state index in [2.05, 4.69) is 65.0 Å². The largest absolute Gasteiger partial charge is 0.361 e. The van der Waals surface area contributed by atoms with Crippen molar-refractivity contribution in [1.82, 2.24) is 10.3 Å². The maximum Gasteiger partial charge on any atom is 0.275 e. The molecule has 5 heteroatoms. The minimum absolute atomic E-state index is 0.168. The van der Waals surface area contributed by atoms with Crippen molar-refractivity contribution in [1.29, 1.82) is 0 Å². The summed E-state index contributed by atoms with van der Waals surface area (Å²) in [5, 5.41) is 4.35. The number of H-pyrrole nitrogens is 1. The highest BCUT2D eigenvalue weighted by atomic mass is 16.2. The van der Waals surface area contributed by atoms with Crippen LogP contribution in [0, 0.1) is 0 Å². The van der Waals surface area contributed by atoms with Crippen LogP contribution in [-0.4, -0.2) is 50.2 Å². The summed E-state index contributed by atoms with van der Waals surface area (Å²) in [6, 6.07) is 19.0. The summed E-state index contributed by atoms with van der Waals surface area (Å²) in [4.78, 5) is 18.6. The number of piperazine rings is 1. The molecule has 0 radical (unpaired) electrons. The third-order valence-corrected chi connectivity index (χ3v) is 5.76. The standard InChI is InChI=1S/C23H28N4O/c28-23(24-11-10-20-16-25-22-9-5-4-8-21(20)22)18-27-14-12-26(13-15-27)17-19-6-2-1-3-7-19/h1-9,16,25H,10-15,17-18H2,(H,24,28)/p+2. The number of hydrogen-bond donors (Lipinski definition) is 4. The van der Waals surface area contributed by atoms with Crippen molar-refractivity contribution in [2.75, 3.05) is 39.3 Å². The third kappa shape index (κ3) is 4.80. The molecule has 2 heterocycles. The molecule has 0 aliphatic carbocycles. The number of aromatic amines is 1. The molecule has 0 unspecified atom stereocenters. The van der Waals surface area contributed by atoms with Gasteiger partial charge in [-0.15, -0.1) is 0 Å². The van der Waals surface area contributed by atoms with E-state index in [1.165, 1.54) is 21.4 Å². The summed E-state index contributed by atoms with van der Waals surface area (Å²) in [5.41, 5.74) is 3.82. The lowest BCUT2D eigenvalue weighted by Crippen LogP contribution is -3.28. The minimum atomic E-state index is 0.168. The first kappa shape index (κ1) is 18.7. The van der Waals surface area contributed by atoms with Crippen LogP contribution in [0.2, 0.25) is 0 Å². The second-order valence-corrected chi connectivity index (χ2v) is 7.80. The van der Waals surface area contributed by atoms with E-state index in [1.54, 1.807) is 4.90 Å². The van der Waals surface area contributed by atoms with E-state index in [1.807, 2.05) is 6.07 Å². The molecule has 146 valence electrons. The number of para-hydroxylation sites is 1. The second-order valence-electron chi connectivity index (χ2n) is 7.80. The highest BCUT2D eigenvalue weighted by Crippen LogP contribution is 2.17. The lowest BCUT2D eigenvalue weighted by Gasteiger charge is -2.29. The Labute approximate surface area is 166 Å². The molecular formula is C23H30N4O+2. The summed E-state index contributed by atoms with van der Waals surface area (Å²) in [5.74, 6) is 0.168. The lowest BCUT2D eigenvalue weighted by molar-refractivity contribution is -1.02. The number of benzene rings is 2. The van der Waals surface area contributed by atoms with E-state index in [0.29, 0.717) is 13.1 Å². The number of rotatable bonds is 7. The first-order valence-electron chi connectivity index (χ1n) is 10.3. The monoisotopic (exact) mass is 378 g/mol. The van der Waals surface area contributed by atoms with Gasteiger partial charge in [0.15, 0.2) is 6.54 Å². The van der Waals surface area contributed by atoms with Gasteiger partial charge in [0.1, 0.15) is 32.7 Å². The second kappa shape index (κ2) is 9.04. The van der Waals surface area contributed by atoms with E-state index in [9.17, 15) is 4.79 Å². The fraction of sp³-hybridized carbons (Fsp3) is 0.348. The number of aromatic nitrogens is 1. The van der Waals surface area contributed by atoms with Crippen LogP contribution in [0.3, 0.4) is 0 Å². The zero-order valence-electron chi connectivity index (χ0n) is 16.3. The molecule has 1 fully saturated rings. The van der Waals surface area contributed by atoms with E-state index in [0.717, 1.165) is 44.7 Å². The summed E-state index contributed by atoms with van der Waals surface area (Å²) in [7, 11) is 0. The lowest BCUT2D eigenvalue weighted by atomic mass is 10.1. The van der Waals surface area contributed by atoms with Gasteiger partial charge in [-0.3, -0.25) is 4.79 Å². The Kier molecular flexibility index (Phi) is 6.04. The number of carbonyl (C=O) groups excluding carboxylic acids is 1. The summed E-state index contributed by atoms with van der Waals surface area (Å²) in [6.45, 7) is 6.77.